The fourth-order valence-corrected chi connectivity index (χ4v) is 2.35. The predicted molar refractivity (Wildman–Crippen MR) is 82.0 cm³/mol. The van der Waals surface area contributed by atoms with Crippen molar-refractivity contribution in [2.45, 2.75) is 58.2 Å². The van der Waals surface area contributed by atoms with Crippen LogP contribution in [0.1, 0.15) is 46.0 Å². The summed E-state index contributed by atoms with van der Waals surface area (Å²) in [7, 11) is 0. The normalized spacial score (nSPS) is 15.6. The van der Waals surface area contributed by atoms with Gasteiger partial charge in [-0.05, 0) is 30.9 Å². The number of carbonyl (C=O) groups is 1. The van der Waals surface area contributed by atoms with E-state index in [9.17, 15) is 4.79 Å². The predicted octanol–water partition coefficient (Wildman–Crippen LogP) is 2.76. The van der Waals surface area contributed by atoms with Gasteiger partial charge in [0, 0.05) is 18.9 Å². The molecule has 0 spiro atoms. The van der Waals surface area contributed by atoms with Crippen LogP contribution in [0.3, 0.4) is 0 Å². The van der Waals surface area contributed by atoms with Crippen molar-refractivity contribution < 1.29 is 9.53 Å². The number of anilines is 2. The van der Waals surface area contributed by atoms with Crippen LogP contribution >= 0.6 is 11.6 Å². The van der Waals surface area contributed by atoms with Crippen molar-refractivity contribution >= 4 is 29.1 Å². The summed E-state index contributed by atoms with van der Waals surface area (Å²) in [6.45, 7) is 3.92. The molecule has 0 amide bonds. The number of hydrogen-bond donors (Lipinski definition) is 1. The summed E-state index contributed by atoms with van der Waals surface area (Å²) in [4.78, 5) is 21.9. The first-order valence-electron chi connectivity index (χ1n) is 7.32. The Morgan fingerprint density at radius 2 is 2.29 bits per heavy atom. The molecular weight excluding hydrogens is 292 g/mol. The summed E-state index contributed by atoms with van der Waals surface area (Å²) < 4.78 is 5.58. The SMILES string of the molecule is CCCC(=O)OC(CC)N(c1nc(Cl)ncc1N)C1CC1. The number of hydrogen-bond acceptors (Lipinski definition) is 6. The lowest BCUT2D eigenvalue weighted by atomic mass is 10.3. The van der Waals surface area contributed by atoms with Crippen LogP contribution in [-0.4, -0.2) is 28.2 Å². The number of nitrogen functional groups attached to an aromatic ring is 1. The first-order chi connectivity index (χ1) is 10.1. The van der Waals surface area contributed by atoms with Gasteiger partial charge in [0.05, 0.1) is 11.9 Å². The minimum Gasteiger partial charge on any atom is -0.441 e. The minimum atomic E-state index is -0.371. The Labute approximate surface area is 129 Å². The second-order valence-corrected chi connectivity index (χ2v) is 5.50. The Bertz CT molecular complexity index is 508. The maximum Gasteiger partial charge on any atom is 0.307 e. The van der Waals surface area contributed by atoms with Crippen LogP contribution < -0.4 is 10.6 Å². The number of ether oxygens (including phenoxy) is 1. The Kier molecular flexibility index (Phi) is 5.22. The number of aromatic nitrogens is 2. The molecule has 0 radical (unpaired) electrons. The smallest absolute Gasteiger partial charge is 0.307 e. The van der Waals surface area contributed by atoms with Gasteiger partial charge in [0.2, 0.25) is 5.28 Å². The van der Waals surface area contributed by atoms with Gasteiger partial charge in [0.1, 0.15) is 0 Å². The van der Waals surface area contributed by atoms with Crippen molar-refractivity contribution in [1.29, 1.82) is 0 Å². The molecule has 1 aliphatic carbocycles. The zero-order valence-corrected chi connectivity index (χ0v) is 13.1. The van der Waals surface area contributed by atoms with E-state index in [-0.39, 0.29) is 23.5 Å². The first-order valence-corrected chi connectivity index (χ1v) is 7.70. The van der Waals surface area contributed by atoms with Gasteiger partial charge in [-0.1, -0.05) is 13.8 Å². The fourth-order valence-electron chi connectivity index (χ4n) is 2.22. The van der Waals surface area contributed by atoms with Gasteiger partial charge in [-0.3, -0.25) is 4.79 Å². The molecule has 7 heteroatoms. The van der Waals surface area contributed by atoms with Crippen LogP contribution in [0.4, 0.5) is 11.5 Å². The molecule has 1 aliphatic rings. The topological polar surface area (TPSA) is 81.3 Å². The molecule has 116 valence electrons. The van der Waals surface area contributed by atoms with Gasteiger partial charge in [-0.2, -0.15) is 4.98 Å². The highest BCUT2D eigenvalue weighted by atomic mass is 35.5. The van der Waals surface area contributed by atoms with E-state index < -0.39 is 0 Å². The molecule has 2 N–H and O–H groups in total. The average molecular weight is 313 g/mol. The van der Waals surface area contributed by atoms with E-state index in [0.29, 0.717) is 24.3 Å². The maximum atomic E-state index is 11.8. The molecule has 0 saturated heterocycles. The summed E-state index contributed by atoms with van der Waals surface area (Å²) in [6.07, 6.45) is 5.01. The van der Waals surface area contributed by atoms with Crippen molar-refractivity contribution in [2.75, 3.05) is 10.6 Å². The van der Waals surface area contributed by atoms with Crippen LogP contribution in [0.2, 0.25) is 5.28 Å². The number of nitrogens with zero attached hydrogens (tertiary/aromatic N) is 3. The van der Waals surface area contributed by atoms with Crippen LogP contribution in [0.15, 0.2) is 6.20 Å². The Morgan fingerprint density at radius 3 is 2.86 bits per heavy atom. The number of nitrogens with two attached hydrogens (primary N) is 1. The van der Waals surface area contributed by atoms with Crippen LogP contribution in [0, 0.1) is 0 Å². The molecule has 0 bridgehead atoms. The van der Waals surface area contributed by atoms with Crippen LogP contribution in [0.5, 0.6) is 0 Å². The van der Waals surface area contributed by atoms with Crippen molar-refractivity contribution in [1.82, 2.24) is 9.97 Å². The largest absolute Gasteiger partial charge is 0.441 e. The zero-order valence-electron chi connectivity index (χ0n) is 12.4. The monoisotopic (exact) mass is 312 g/mol. The van der Waals surface area contributed by atoms with E-state index >= 15 is 0 Å². The summed E-state index contributed by atoms with van der Waals surface area (Å²) in [6, 6.07) is 0.289. The number of rotatable bonds is 7. The molecule has 6 nitrogen and oxygen atoms in total. The van der Waals surface area contributed by atoms with E-state index in [0.717, 1.165) is 19.3 Å². The lowest BCUT2D eigenvalue weighted by molar-refractivity contribution is -0.149. The third-order valence-electron chi connectivity index (χ3n) is 3.33. The third kappa shape index (κ3) is 3.97. The van der Waals surface area contributed by atoms with Crippen molar-refractivity contribution in [2.24, 2.45) is 0 Å². The minimum absolute atomic E-state index is 0.139. The molecule has 0 aliphatic heterocycles. The number of carbonyl (C=O) groups excluding carboxylic acids is 1. The molecule has 21 heavy (non-hydrogen) atoms. The summed E-state index contributed by atoms with van der Waals surface area (Å²) in [5.41, 5.74) is 6.41. The van der Waals surface area contributed by atoms with E-state index in [1.807, 2.05) is 18.7 Å². The Balaban J connectivity index is 2.24. The zero-order chi connectivity index (χ0) is 15.4. The third-order valence-corrected chi connectivity index (χ3v) is 3.51. The fraction of sp³-hybridized carbons (Fsp3) is 0.643. The van der Waals surface area contributed by atoms with E-state index in [1.54, 1.807) is 0 Å². The Hall–Kier alpha value is -1.56. The van der Waals surface area contributed by atoms with Gasteiger partial charge in [0.15, 0.2) is 12.0 Å². The maximum absolute atomic E-state index is 11.8. The molecule has 0 aromatic carbocycles. The lowest BCUT2D eigenvalue weighted by Crippen LogP contribution is -2.41. The summed E-state index contributed by atoms with van der Waals surface area (Å²) in [5, 5.41) is 0.139. The highest BCUT2D eigenvalue weighted by molar-refractivity contribution is 6.28. The van der Waals surface area contributed by atoms with Gasteiger partial charge < -0.3 is 15.4 Å². The second-order valence-electron chi connectivity index (χ2n) is 5.16. The van der Waals surface area contributed by atoms with Crippen LogP contribution in [0.25, 0.3) is 0 Å². The van der Waals surface area contributed by atoms with Gasteiger partial charge in [0.25, 0.3) is 0 Å². The average Bonchev–Trinajstić information content (AvgIpc) is 3.26. The molecule has 1 saturated carbocycles. The Morgan fingerprint density at radius 1 is 1.57 bits per heavy atom. The van der Waals surface area contributed by atoms with E-state index in [2.05, 4.69) is 9.97 Å². The van der Waals surface area contributed by atoms with Crippen LogP contribution in [-0.2, 0) is 9.53 Å². The highest BCUT2D eigenvalue weighted by Crippen LogP contribution is 2.36. The van der Waals surface area contributed by atoms with E-state index in [4.69, 9.17) is 22.1 Å². The molecular formula is C14H21ClN4O2. The molecule has 1 atom stereocenters. The second kappa shape index (κ2) is 6.93. The molecule has 1 aromatic rings. The molecule has 1 aromatic heterocycles. The highest BCUT2D eigenvalue weighted by Gasteiger charge is 2.37. The van der Waals surface area contributed by atoms with Gasteiger partial charge in [-0.25, -0.2) is 4.98 Å². The molecule has 1 fully saturated rings. The lowest BCUT2D eigenvalue weighted by Gasteiger charge is -2.32. The van der Waals surface area contributed by atoms with Gasteiger partial charge in [-0.15, -0.1) is 0 Å². The van der Waals surface area contributed by atoms with Crippen molar-refractivity contribution in [3.8, 4) is 0 Å². The number of halogens is 1. The summed E-state index contributed by atoms with van der Waals surface area (Å²) in [5.74, 6) is 0.349. The van der Waals surface area contributed by atoms with Crippen molar-refractivity contribution in [3.05, 3.63) is 11.5 Å². The van der Waals surface area contributed by atoms with Crippen molar-refractivity contribution in [3.63, 3.8) is 0 Å². The molecule has 1 heterocycles. The van der Waals surface area contributed by atoms with E-state index in [1.165, 1.54) is 6.20 Å². The quantitative estimate of drug-likeness (QED) is 0.473. The van der Waals surface area contributed by atoms with Gasteiger partial charge >= 0.3 is 5.97 Å². The first kappa shape index (κ1) is 15.8. The molecule has 1 unspecified atom stereocenters. The number of esters is 1. The standard InChI is InChI=1S/C14H21ClN4O2/c1-3-5-12(20)21-11(4-2)19(9-6-7-9)13-10(16)8-17-14(15)18-13/h8-9,11H,3-7,16H2,1-2H3. The summed E-state index contributed by atoms with van der Waals surface area (Å²) >= 11 is 5.88. The molecule has 2 rings (SSSR count).